The molecule has 5 rings (SSSR count). The third-order valence-corrected chi connectivity index (χ3v) is 9.54. The van der Waals surface area contributed by atoms with Crippen LogP contribution < -0.4 is 0 Å². The molecule has 0 N–H and O–H groups in total. The summed E-state index contributed by atoms with van der Waals surface area (Å²) in [6.07, 6.45) is 26.3. The number of hydrogen-bond acceptors (Lipinski definition) is 0. The zero-order valence-corrected chi connectivity index (χ0v) is 21.9. The molecule has 4 aliphatic carbocycles. The molecule has 0 heterocycles. The average Bonchev–Trinajstić information content (AvgIpc) is 3.46. The van der Waals surface area contributed by atoms with Gasteiger partial charge in [-0.05, 0) is 89.2 Å². The van der Waals surface area contributed by atoms with Gasteiger partial charge >= 0.3 is 0 Å². The second kappa shape index (κ2) is 10.8. The van der Waals surface area contributed by atoms with E-state index in [0.717, 1.165) is 37.0 Å². The second-order valence-corrected chi connectivity index (χ2v) is 12.1. The monoisotopic (exact) mass is 454 g/mol. The Morgan fingerprint density at radius 3 is 2.53 bits per heavy atom. The Kier molecular flexibility index (Phi) is 7.62. The molecule has 0 saturated heterocycles. The number of fused-ring (bicyclic) bond motifs is 1. The smallest absolute Gasteiger partial charge is 0.00137 e. The average molecular weight is 455 g/mol. The molecule has 2 unspecified atom stereocenters. The topological polar surface area (TPSA) is 0 Å². The van der Waals surface area contributed by atoms with Crippen molar-refractivity contribution in [2.45, 2.75) is 104 Å². The molecule has 0 aliphatic heterocycles. The van der Waals surface area contributed by atoms with E-state index >= 15 is 0 Å². The van der Waals surface area contributed by atoms with Crippen molar-refractivity contribution in [1.29, 1.82) is 0 Å². The van der Waals surface area contributed by atoms with Crippen molar-refractivity contribution in [2.75, 3.05) is 0 Å². The molecule has 0 amide bonds. The van der Waals surface area contributed by atoms with Crippen molar-refractivity contribution in [1.82, 2.24) is 0 Å². The molecular weight excluding hydrogens is 408 g/mol. The fourth-order valence-corrected chi connectivity index (χ4v) is 7.70. The minimum Gasteiger partial charge on any atom is -0.0992 e. The molecule has 1 aromatic carbocycles. The number of aryl methyl sites for hydroxylation is 1. The molecule has 0 spiro atoms. The van der Waals surface area contributed by atoms with E-state index in [2.05, 4.69) is 56.9 Å². The summed E-state index contributed by atoms with van der Waals surface area (Å²) in [4.78, 5) is 0. The molecule has 0 radical (unpaired) electrons. The molecule has 2 atom stereocenters. The number of hydrogen-bond donors (Lipinski definition) is 0. The van der Waals surface area contributed by atoms with Crippen molar-refractivity contribution in [2.24, 2.45) is 23.7 Å². The Bertz CT molecular complexity index is 967. The van der Waals surface area contributed by atoms with Gasteiger partial charge in [-0.1, -0.05) is 120 Å². The summed E-state index contributed by atoms with van der Waals surface area (Å²) in [5.41, 5.74) is 10.6. The molecule has 0 bridgehead atoms. The molecule has 0 aromatic heterocycles. The van der Waals surface area contributed by atoms with Gasteiger partial charge in [0.15, 0.2) is 0 Å². The highest BCUT2D eigenvalue weighted by atomic mass is 14.4. The summed E-state index contributed by atoms with van der Waals surface area (Å²) >= 11 is 0. The van der Waals surface area contributed by atoms with E-state index in [4.69, 9.17) is 0 Å². The van der Waals surface area contributed by atoms with Crippen molar-refractivity contribution in [3.63, 3.8) is 0 Å². The normalized spacial score (nSPS) is 27.2. The van der Waals surface area contributed by atoms with E-state index in [1.807, 2.05) is 0 Å². The van der Waals surface area contributed by atoms with E-state index in [1.54, 1.807) is 5.57 Å². The van der Waals surface area contributed by atoms with Gasteiger partial charge in [0.2, 0.25) is 0 Å². The lowest BCUT2D eigenvalue weighted by atomic mass is 9.69. The quantitative estimate of drug-likeness (QED) is 0.343. The lowest BCUT2D eigenvalue weighted by molar-refractivity contribution is 0.211. The van der Waals surface area contributed by atoms with Gasteiger partial charge in [0.25, 0.3) is 0 Å². The third kappa shape index (κ3) is 5.37. The van der Waals surface area contributed by atoms with Crippen LogP contribution in [0.5, 0.6) is 0 Å². The van der Waals surface area contributed by atoms with Crippen LogP contribution in [0, 0.1) is 23.7 Å². The first-order valence-electron chi connectivity index (χ1n) is 14.5. The van der Waals surface area contributed by atoms with Gasteiger partial charge in [0.1, 0.15) is 0 Å². The van der Waals surface area contributed by atoms with Crippen LogP contribution in [0.1, 0.15) is 108 Å². The summed E-state index contributed by atoms with van der Waals surface area (Å²) in [6, 6.07) is 7.31. The van der Waals surface area contributed by atoms with E-state index in [1.165, 1.54) is 104 Å². The minimum atomic E-state index is 0.697. The Balaban J connectivity index is 1.20. The standard InChI is InChI=1S/C34H46/c1-24-10-7-11-25(2)34(24)26(3)20-30-16-9-17-33(30)32-22-29-19-18-28(21-31(29)23-32)15-8-14-27-12-5-4-6-13-27/h16-19,21,23-25,27,34H,3-15,20,22H2,1-2H3. The van der Waals surface area contributed by atoms with Crippen LogP contribution >= 0.6 is 0 Å². The van der Waals surface area contributed by atoms with Gasteiger partial charge in [-0.3, -0.25) is 0 Å². The maximum Gasteiger partial charge on any atom is -0.00137 e. The summed E-state index contributed by atoms with van der Waals surface area (Å²) in [5.74, 6) is 3.28. The zero-order chi connectivity index (χ0) is 23.5. The highest BCUT2D eigenvalue weighted by molar-refractivity contribution is 5.72. The molecule has 2 fully saturated rings. The summed E-state index contributed by atoms with van der Waals surface area (Å²) < 4.78 is 0. The van der Waals surface area contributed by atoms with Crippen LogP contribution in [-0.4, -0.2) is 0 Å². The van der Waals surface area contributed by atoms with Crippen molar-refractivity contribution in [3.05, 3.63) is 75.9 Å². The Morgan fingerprint density at radius 1 is 0.941 bits per heavy atom. The molecule has 0 heteroatoms. The molecule has 4 aliphatic rings. The largest absolute Gasteiger partial charge is 0.0992 e. The lowest BCUT2D eigenvalue weighted by Gasteiger charge is -2.36. The van der Waals surface area contributed by atoms with Crippen LogP contribution in [0.15, 0.2) is 59.2 Å². The molecule has 0 nitrogen and oxygen atoms in total. The summed E-state index contributed by atoms with van der Waals surface area (Å²) in [6.45, 7) is 9.53. The van der Waals surface area contributed by atoms with Gasteiger partial charge in [-0.25, -0.2) is 0 Å². The number of benzene rings is 1. The van der Waals surface area contributed by atoms with E-state index in [9.17, 15) is 0 Å². The Morgan fingerprint density at radius 2 is 1.74 bits per heavy atom. The number of allylic oxidation sites excluding steroid dienone is 6. The Hall–Kier alpha value is -1.82. The van der Waals surface area contributed by atoms with Gasteiger partial charge in [0, 0.05) is 0 Å². The number of rotatable bonds is 8. The fourth-order valence-electron chi connectivity index (χ4n) is 7.70. The van der Waals surface area contributed by atoms with Crippen LogP contribution in [0.25, 0.3) is 6.08 Å². The zero-order valence-electron chi connectivity index (χ0n) is 21.9. The van der Waals surface area contributed by atoms with Crippen LogP contribution in [0.4, 0.5) is 0 Å². The van der Waals surface area contributed by atoms with Gasteiger partial charge < -0.3 is 0 Å². The summed E-state index contributed by atoms with van der Waals surface area (Å²) in [7, 11) is 0. The second-order valence-electron chi connectivity index (χ2n) is 12.1. The predicted octanol–water partition coefficient (Wildman–Crippen LogP) is 9.80. The summed E-state index contributed by atoms with van der Waals surface area (Å²) in [5, 5.41) is 0. The third-order valence-electron chi connectivity index (χ3n) is 9.54. The van der Waals surface area contributed by atoms with Crippen LogP contribution in [0.2, 0.25) is 0 Å². The predicted molar refractivity (Wildman–Crippen MR) is 148 cm³/mol. The fraction of sp³-hybridized carbons (Fsp3) is 0.588. The lowest BCUT2D eigenvalue weighted by Crippen LogP contribution is -2.26. The van der Waals surface area contributed by atoms with E-state index < -0.39 is 0 Å². The molecule has 34 heavy (non-hydrogen) atoms. The first-order chi connectivity index (χ1) is 16.6. The minimum absolute atomic E-state index is 0.697. The first-order valence-corrected chi connectivity index (χ1v) is 14.5. The molecular formula is C34H46. The molecule has 182 valence electrons. The van der Waals surface area contributed by atoms with Gasteiger partial charge in [0.05, 0.1) is 0 Å². The maximum atomic E-state index is 4.63. The SMILES string of the molecule is C=C(CC1=CCC=C1C1=Cc2cc(CCCC3CCCCC3)ccc2C1)C1C(C)CCCC1C. The van der Waals surface area contributed by atoms with Crippen molar-refractivity contribution < 1.29 is 0 Å². The highest BCUT2D eigenvalue weighted by Crippen LogP contribution is 2.43. The van der Waals surface area contributed by atoms with Crippen LogP contribution in [0.3, 0.4) is 0 Å². The molecule has 2 saturated carbocycles. The Labute approximate surface area is 209 Å². The van der Waals surface area contributed by atoms with Crippen LogP contribution in [-0.2, 0) is 12.8 Å². The highest BCUT2D eigenvalue weighted by Gasteiger charge is 2.31. The van der Waals surface area contributed by atoms with E-state index in [0.29, 0.717) is 5.92 Å². The van der Waals surface area contributed by atoms with E-state index in [-0.39, 0.29) is 0 Å². The van der Waals surface area contributed by atoms with Crippen molar-refractivity contribution >= 4 is 6.08 Å². The van der Waals surface area contributed by atoms with Crippen molar-refractivity contribution in [3.8, 4) is 0 Å². The molecule has 1 aromatic rings. The van der Waals surface area contributed by atoms with Gasteiger partial charge in [-0.15, -0.1) is 0 Å². The van der Waals surface area contributed by atoms with Gasteiger partial charge in [-0.2, -0.15) is 0 Å². The first kappa shape index (κ1) is 23.9. The maximum absolute atomic E-state index is 4.63.